The first kappa shape index (κ1) is 22.0. The Kier molecular flexibility index (Phi) is 4.55. The molecule has 0 amide bonds. The zero-order valence-electron chi connectivity index (χ0n) is 21.5. The number of benzene rings is 7. The number of thiophene rings is 1. The van der Waals surface area contributed by atoms with Crippen LogP contribution in [-0.4, -0.2) is 0 Å². The first-order chi connectivity index (χ1) is 19.8. The molecule has 0 radical (unpaired) electrons. The molecule has 9 rings (SSSR count). The second kappa shape index (κ2) is 8.29. The lowest BCUT2D eigenvalue weighted by molar-refractivity contribution is 0.616. The quantitative estimate of drug-likeness (QED) is 0.204. The fourth-order valence-corrected chi connectivity index (χ4v) is 7.86. The van der Waals surface area contributed by atoms with Crippen molar-refractivity contribution in [3.05, 3.63) is 134 Å². The fraction of sp³-hybridized carbons (Fsp3) is 0. The van der Waals surface area contributed by atoms with Gasteiger partial charge in [-0.05, 0) is 84.9 Å². The number of fused-ring (bicyclic) bond motifs is 8. The summed E-state index contributed by atoms with van der Waals surface area (Å²) in [4.78, 5) is 0. The standard InChI is InChI=1S/C38H22OS/c1-2-9-24-22-25(17-16-23(24)8-1)35-26-10-3-5-12-28(26)36(29-13-6-4-11-27(29)35)31-14-7-15-34-37(31)32-18-19-33-30(20-21-39-33)38(32)40-34/h1-22H. The molecule has 0 aliphatic carbocycles. The first-order valence-corrected chi connectivity index (χ1v) is 14.4. The Morgan fingerprint density at radius 1 is 0.475 bits per heavy atom. The molecule has 0 N–H and O–H groups in total. The second-order valence-corrected chi connectivity index (χ2v) is 11.5. The molecule has 0 spiro atoms. The zero-order valence-corrected chi connectivity index (χ0v) is 22.3. The van der Waals surface area contributed by atoms with Crippen LogP contribution in [0.5, 0.6) is 0 Å². The Morgan fingerprint density at radius 3 is 1.95 bits per heavy atom. The first-order valence-electron chi connectivity index (χ1n) is 13.6. The monoisotopic (exact) mass is 526 g/mol. The maximum absolute atomic E-state index is 5.74. The lowest BCUT2D eigenvalue weighted by atomic mass is 9.84. The molecule has 0 saturated heterocycles. The summed E-state index contributed by atoms with van der Waals surface area (Å²) in [6.45, 7) is 0. The van der Waals surface area contributed by atoms with Gasteiger partial charge in [-0.3, -0.25) is 0 Å². The molecular weight excluding hydrogens is 504 g/mol. The van der Waals surface area contributed by atoms with E-state index in [0.29, 0.717) is 0 Å². The average Bonchev–Trinajstić information content (AvgIpc) is 3.64. The van der Waals surface area contributed by atoms with E-state index in [1.165, 1.54) is 80.1 Å². The van der Waals surface area contributed by atoms with E-state index in [1.807, 2.05) is 11.3 Å². The molecule has 0 unspecified atom stereocenters. The normalized spacial score (nSPS) is 12.0. The molecule has 1 nitrogen and oxygen atoms in total. The molecule has 40 heavy (non-hydrogen) atoms. The largest absolute Gasteiger partial charge is 0.464 e. The maximum atomic E-state index is 5.74. The van der Waals surface area contributed by atoms with Crippen molar-refractivity contribution in [3.63, 3.8) is 0 Å². The number of hydrogen-bond donors (Lipinski definition) is 0. The topological polar surface area (TPSA) is 13.1 Å². The van der Waals surface area contributed by atoms with E-state index < -0.39 is 0 Å². The predicted molar refractivity (Wildman–Crippen MR) is 172 cm³/mol. The van der Waals surface area contributed by atoms with Crippen molar-refractivity contribution in [2.75, 3.05) is 0 Å². The van der Waals surface area contributed by atoms with E-state index in [4.69, 9.17) is 4.42 Å². The number of hydrogen-bond acceptors (Lipinski definition) is 2. The van der Waals surface area contributed by atoms with Gasteiger partial charge in [0.15, 0.2) is 0 Å². The van der Waals surface area contributed by atoms with Crippen LogP contribution in [0.15, 0.2) is 138 Å². The lowest BCUT2D eigenvalue weighted by Gasteiger charge is -2.18. The Balaban J connectivity index is 1.44. The number of furan rings is 1. The average molecular weight is 527 g/mol. The SMILES string of the molecule is c1ccc2cc(-c3c4ccccc4c(-c4cccc5sc6c7ccoc7ccc6c45)c4ccccc34)ccc2c1. The van der Waals surface area contributed by atoms with Gasteiger partial charge in [-0.15, -0.1) is 11.3 Å². The molecule has 2 heteroatoms. The maximum Gasteiger partial charge on any atom is 0.135 e. The molecule has 0 fully saturated rings. The van der Waals surface area contributed by atoms with Crippen LogP contribution in [0, 0.1) is 0 Å². The Bertz CT molecular complexity index is 2380. The highest BCUT2D eigenvalue weighted by Crippen LogP contribution is 2.48. The van der Waals surface area contributed by atoms with Crippen molar-refractivity contribution >= 4 is 74.8 Å². The van der Waals surface area contributed by atoms with Gasteiger partial charge in [-0.2, -0.15) is 0 Å². The predicted octanol–water partition coefficient (Wildman–Crippen LogP) is 11.6. The molecular formula is C38H22OS. The molecule has 2 heterocycles. The molecule has 0 aliphatic rings. The molecule has 9 aromatic rings. The van der Waals surface area contributed by atoms with Crippen molar-refractivity contribution in [1.29, 1.82) is 0 Å². The summed E-state index contributed by atoms with van der Waals surface area (Å²) >= 11 is 1.86. The molecule has 2 aromatic heterocycles. The van der Waals surface area contributed by atoms with Gasteiger partial charge in [0.25, 0.3) is 0 Å². The highest BCUT2D eigenvalue weighted by molar-refractivity contribution is 7.26. The van der Waals surface area contributed by atoms with Gasteiger partial charge in [0.1, 0.15) is 5.58 Å². The van der Waals surface area contributed by atoms with Crippen LogP contribution in [0.2, 0.25) is 0 Å². The van der Waals surface area contributed by atoms with Crippen LogP contribution in [0.1, 0.15) is 0 Å². The van der Waals surface area contributed by atoms with Crippen molar-refractivity contribution in [3.8, 4) is 22.3 Å². The van der Waals surface area contributed by atoms with Gasteiger partial charge in [-0.1, -0.05) is 97.1 Å². The summed E-state index contributed by atoms with van der Waals surface area (Å²) in [6.07, 6.45) is 1.79. The molecule has 0 bridgehead atoms. The Morgan fingerprint density at radius 2 is 1.18 bits per heavy atom. The summed E-state index contributed by atoms with van der Waals surface area (Å²) in [6, 6.07) is 46.5. The zero-order chi connectivity index (χ0) is 26.2. The van der Waals surface area contributed by atoms with Crippen molar-refractivity contribution in [1.82, 2.24) is 0 Å². The van der Waals surface area contributed by atoms with E-state index in [1.54, 1.807) is 6.26 Å². The summed E-state index contributed by atoms with van der Waals surface area (Å²) in [7, 11) is 0. The van der Waals surface area contributed by atoms with Crippen LogP contribution < -0.4 is 0 Å². The third-order valence-corrected chi connectivity index (χ3v) is 9.54. The minimum Gasteiger partial charge on any atom is -0.464 e. The van der Waals surface area contributed by atoms with Crippen molar-refractivity contribution in [2.24, 2.45) is 0 Å². The smallest absolute Gasteiger partial charge is 0.135 e. The molecule has 0 aliphatic heterocycles. The Labute approximate surface area is 234 Å². The lowest BCUT2D eigenvalue weighted by Crippen LogP contribution is -1.91. The highest BCUT2D eigenvalue weighted by atomic mass is 32.1. The Hall–Kier alpha value is -4.92. The van der Waals surface area contributed by atoms with Gasteiger partial charge in [0, 0.05) is 25.6 Å². The highest BCUT2D eigenvalue weighted by Gasteiger charge is 2.20. The molecule has 7 aromatic carbocycles. The fourth-order valence-electron chi connectivity index (χ4n) is 6.61. The second-order valence-electron chi connectivity index (χ2n) is 10.5. The molecule has 0 saturated carbocycles. The van der Waals surface area contributed by atoms with Crippen LogP contribution in [0.3, 0.4) is 0 Å². The third-order valence-electron chi connectivity index (χ3n) is 8.33. The van der Waals surface area contributed by atoms with Crippen LogP contribution >= 0.6 is 11.3 Å². The van der Waals surface area contributed by atoms with E-state index >= 15 is 0 Å². The van der Waals surface area contributed by atoms with Gasteiger partial charge >= 0.3 is 0 Å². The van der Waals surface area contributed by atoms with E-state index in [2.05, 4.69) is 127 Å². The van der Waals surface area contributed by atoms with Crippen LogP contribution in [0.25, 0.3) is 85.7 Å². The molecule has 0 atom stereocenters. The van der Waals surface area contributed by atoms with Crippen molar-refractivity contribution < 1.29 is 4.42 Å². The number of rotatable bonds is 2. The summed E-state index contributed by atoms with van der Waals surface area (Å²) in [5.41, 5.74) is 6.07. The van der Waals surface area contributed by atoms with Crippen molar-refractivity contribution in [2.45, 2.75) is 0 Å². The summed E-state index contributed by atoms with van der Waals surface area (Å²) in [5.74, 6) is 0. The van der Waals surface area contributed by atoms with E-state index in [-0.39, 0.29) is 0 Å². The van der Waals surface area contributed by atoms with E-state index in [9.17, 15) is 0 Å². The minimum atomic E-state index is 0.941. The summed E-state index contributed by atoms with van der Waals surface area (Å²) in [5, 5.41) is 11.4. The van der Waals surface area contributed by atoms with Gasteiger partial charge in [-0.25, -0.2) is 0 Å². The summed E-state index contributed by atoms with van der Waals surface area (Å²) < 4.78 is 8.33. The third kappa shape index (κ3) is 3.03. The van der Waals surface area contributed by atoms with Crippen LogP contribution in [0.4, 0.5) is 0 Å². The molecule has 186 valence electrons. The van der Waals surface area contributed by atoms with Gasteiger partial charge < -0.3 is 4.42 Å². The minimum absolute atomic E-state index is 0.941. The van der Waals surface area contributed by atoms with E-state index in [0.717, 1.165) is 5.58 Å². The van der Waals surface area contributed by atoms with Gasteiger partial charge in [0.05, 0.1) is 6.26 Å². The van der Waals surface area contributed by atoms with Gasteiger partial charge in [0.2, 0.25) is 0 Å². The van der Waals surface area contributed by atoms with Crippen LogP contribution in [-0.2, 0) is 0 Å².